The van der Waals surface area contributed by atoms with Gasteiger partial charge in [0.25, 0.3) is 5.56 Å². The number of aromatic amines is 1. The Morgan fingerprint density at radius 1 is 0.892 bits per heavy atom. The van der Waals surface area contributed by atoms with Crippen LogP contribution in [-0.2, 0) is 20.1 Å². The number of H-pyrrole nitrogens is 1. The minimum Gasteiger partial charge on any atom is -0.340 e. The van der Waals surface area contributed by atoms with Gasteiger partial charge in [0.1, 0.15) is 0 Å². The summed E-state index contributed by atoms with van der Waals surface area (Å²) in [5, 5.41) is 2.56. The summed E-state index contributed by atoms with van der Waals surface area (Å²) in [7, 11) is 1.65. The van der Waals surface area contributed by atoms with Crippen LogP contribution in [0.5, 0.6) is 0 Å². The number of rotatable bonds is 5. The molecule has 3 aromatic carbocycles. The molecule has 8 nitrogen and oxygen atoms in total. The van der Waals surface area contributed by atoms with E-state index in [-0.39, 0.29) is 0 Å². The number of nitrogens with zero attached hydrogens (tertiary/aromatic N) is 5. The van der Waals surface area contributed by atoms with Gasteiger partial charge in [-0.2, -0.15) is 4.98 Å². The molecule has 6 rings (SSSR count). The lowest BCUT2D eigenvalue weighted by Crippen LogP contribution is -2.47. The molecular weight excluding hydrogens is 464 g/mol. The Bertz CT molecular complexity index is 1720. The van der Waals surface area contributed by atoms with E-state index in [4.69, 9.17) is 4.98 Å². The van der Waals surface area contributed by atoms with Gasteiger partial charge in [-0.05, 0) is 28.8 Å². The van der Waals surface area contributed by atoms with Gasteiger partial charge in [0.2, 0.25) is 5.95 Å². The summed E-state index contributed by atoms with van der Waals surface area (Å²) in [6.45, 7) is 6.79. The van der Waals surface area contributed by atoms with Crippen molar-refractivity contribution in [1.82, 2.24) is 24.0 Å². The largest absolute Gasteiger partial charge is 0.340 e. The molecule has 1 N–H and O–H groups in total. The summed E-state index contributed by atoms with van der Waals surface area (Å²) >= 11 is 0. The van der Waals surface area contributed by atoms with Crippen LogP contribution < -0.4 is 16.1 Å². The van der Waals surface area contributed by atoms with E-state index in [1.54, 1.807) is 7.05 Å². The Hall–Kier alpha value is -4.17. The van der Waals surface area contributed by atoms with Crippen molar-refractivity contribution in [3.63, 3.8) is 0 Å². The molecule has 1 fully saturated rings. The molecule has 0 bridgehead atoms. The molecule has 0 amide bonds. The van der Waals surface area contributed by atoms with Crippen molar-refractivity contribution in [2.75, 3.05) is 31.1 Å². The predicted octanol–water partition coefficient (Wildman–Crippen LogP) is 3.26. The van der Waals surface area contributed by atoms with Gasteiger partial charge in [0.05, 0.1) is 6.54 Å². The minimum atomic E-state index is -0.454. The van der Waals surface area contributed by atoms with Crippen molar-refractivity contribution >= 4 is 27.9 Å². The zero-order valence-corrected chi connectivity index (χ0v) is 21.1. The molecular formula is C29H30N6O2. The van der Waals surface area contributed by atoms with Crippen LogP contribution in [0.2, 0.25) is 0 Å². The molecule has 0 atom stereocenters. The Balaban J connectivity index is 1.31. The van der Waals surface area contributed by atoms with Crippen molar-refractivity contribution in [1.29, 1.82) is 0 Å². The smallest absolute Gasteiger partial charge is 0.329 e. The van der Waals surface area contributed by atoms with Gasteiger partial charge in [0.15, 0.2) is 11.2 Å². The Morgan fingerprint density at radius 2 is 1.65 bits per heavy atom. The molecule has 0 unspecified atom stereocenters. The number of fused-ring (bicyclic) bond motifs is 2. The maximum Gasteiger partial charge on any atom is 0.329 e. The average Bonchev–Trinajstić information content (AvgIpc) is 3.28. The van der Waals surface area contributed by atoms with E-state index < -0.39 is 11.2 Å². The molecule has 1 aliphatic heterocycles. The highest BCUT2D eigenvalue weighted by Gasteiger charge is 2.25. The molecule has 0 aliphatic carbocycles. The van der Waals surface area contributed by atoms with Crippen LogP contribution in [0.3, 0.4) is 0 Å². The quantitative estimate of drug-likeness (QED) is 0.406. The topological polar surface area (TPSA) is 79.2 Å². The summed E-state index contributed by atoms with van der Waals surface area (Å²) in [5.74, 6) is 0.730. The SMILES string of the molecule is Cc1cccc(Cn2c(N3CCN(Cc4cccc5ccccc45)CC3)nc3c2c(=O)[nH]c(=O)n3C)c1. The summed E-state index contributed by atoms with van der Waals surface area (Å²) in [5.41, 5.74) is 3.56. The van der Waals surface area contributed by atoms with Crippen LogP contribution in [0.15, 0.2) is 76.3 Å². The molecule has 8 heteroatoms. The lowest BCUT2D eigenvalue weighted by molar-refractivity contribution is 0.249. The molecule has 0 radical (unpaired) electrons. The molecule has 0 spiro atoms. The molecule has 5 aromatic rings. The van der Waals surface area contributed by atoms with Crippen LogP contribution in [-0.4, -0.2) is 50.2 Å². The number of benzene rings is 3. The van der Waals surface area contributed by atoms with E-state index in [1.165, 1.54) is 20.9 Å². The fourth-order valence-electron chi connectivity index (χ4n) is 5.38. The highest BCUT2D eigenvalue weighted by Crippen LogP contribution is 2.24. The normalized spacial score (nSPS) is 14.6. The van der Waals surface area contributed by atoms with Crippen LogP contribution >= 0.6 is 0 Å². The highest BCUT2D eigenvalue weighted by molar-refractivity contribution is 5.85. The van der Waals surface area contributed by atoms with E-state index in [9.17, 15) is 9.59 Å². The first kappa shape index (κ1) is 23.2. The second-order valence-electron chi connectivity index (χ2n) is 9.88. The van der Waals surface area contributed by atoms with Crippen molar-refractivity contribution in [3.8, 4) is 0 Å². The number of imidazole rings is 1. The highest BCUT2D eigenvalue weighted by atomic mass is 16.2. The number of piperazine rings is 1. The lowest BCUT2D eigenvalue weighted by Gasteiger charge is -2.35. The Labute approximate surface area is 214 Å². The van der Waals surface area contributed by atoms with Gasteiger partial charge >= 0.3 is 5.69 Å². The van der Waals surface area contributed by atoms with Crippen LogP contribution in [0.1, 0.15) is 16.7 Å². The van der Waals surface area contributed by atoms with Gasteiger partial charge in [0, 0.05) is 39.8 Å². The van der Waals surface area contributed by atoms with Gasteiger partial charge < -0.3 is 4.90 Å². The third kappa shape index (κ3) is 4.34. The van der Waals surface area contributed by atoms with E-state index in [0.717, 1.165) is 49.8 Å². The van der Waals surface area contributed by atoms with Gasteiger partial charge in [-0.1, -0.05) is 72.3 Å². The van der Waals surface area contributed by atoms with Crippen LogP contribution in [0.4, 0.5) is 5.95 Å². The first-order chi connectivity index (χ1) is 18.0. The number of anilines is 1. The number of aromatic nitrogens is 4. The average molecular weight is 495 g/mol. The number of hydrogen-bond donors (Lipinski definition) is 1. The van der Waals surface area contributed by atoms with Crippen molar-refractivity contribution < 1.29 is 0 Å². The summed E-state index contributed by atoms with van der Waals surface area (Å²) in [6, 6.07) is 23.3. The molecule has 2 aromatic heterocycles. The molecule has 1 saturated heterocycles. The third-order valence-electron chi connectivity index (χ3n) is 7.34. The Kier molecular flexibility index (Phi) is 5.88. The minimum absolute atomic E-state index is 0.404. The third-order valence-corrected chi connectivity index (χ3v) is 7.34. The number of nitrogens with one attached hydrogen (secondary N) is 1. The molecule has 37 heavy (non-hydrogen) atoms. The van der Waals surface area contributed by atoms with Gasteiger partial charge in [-0.25, -0.2) is 4.79 Å². The van der Waals surface area contributed by atoms with Crippen LogP contribution in [0.25, 0.3) is 21.9 Å². The monoisotopic (exact) mass is 494 g/mol. The summed E-state index contributed by atoms with van der Waals surface area (Å²) < 4.78 is 3.38. The summed E-state index contributed by atoms with van der Waals surface area (Å²) in [6.07, 6.45) is 0. The van der Waals surface area contributed by atoms with E-state index in [1.807, 2.05) is 10.6 Å². The predicted molar refractivity (Wildman–Crippen MR) is 147 cm³/mol. The fourth-order valence-corrected chi connectivity index (χ4v) is 5.38. The van der Waals surface area contributed by atoms with E-state index >= 15 is 0 Å². The fraction of sp³-hybridized carbons (Fsp3) is 0.276. The zero-order valence-electron chi connectivity index (χ0n) is 21.1. The standard InChI is InChI=1S/C29H30N6O2/c1-20-7-5-8-21(17-20)18-35-25-26(32(2)29(37)31-27(25)36)30-28(35)34-15-13-33(14-16-34)19-23-11-6-10-22-9-3-4-12-24(22)23/h3-12,17H,13-16,18-19H2,1-2H3,(H,31,36,37). The zero-order chi connectivity index (χ0) is 25.5. The maximum absolute atomic E-state index is 12.9. The van der Waals surface area contributed by atoms with E-state index in [0.29, 0.717) is 17.7 Å². The Morgan fingerprint density at radius 3 is 2.46 bits per heavy atom. The first-order valence-electron chi connectivity index (χ1n) is 12.7. The van der Waals surface area contributed by atoms with Gasteiger partial charge in [-0.15, -0.1) is 0 Å². The second kappa shape index (κ2) is 9.37. The lowest BCUT2D eigenvalue weighted by atomic mass is 10.0. The van der Waals surface area contributed by atoms with Crippen molar-refractivity contribution in [2.24, 2.45) is 7.05 Å². The van der Waals surface area contributed by atoms with Gasteiger partial charge in [-0.3, -0.25) is 23.8 Å². The molecule has 188 valence electrons. The maximum atomic E-state index is 12.9. The second-order valence-corrected chi connectivity index (χ2v) is 9.88. The number of hydrogen-bond acceptors (Lipinski definition) is 5. The van der Waals surface area contributed by atoms with Crippen molar-refractivity contribution in [3.05, 3.63) is 104 Å². The summed E-state index contributed by atoms with van der Waals surface area (Å²) in [4.78, 5) is 37.2. The van der Waals surface area contributed by atoms with Crippen LogP contribution in [0, 0.1) is 6.92 Å². The van der Waals surface area contributed by atoms with E-state index in [2.05, 4.69) is 82.4 Å². The number of aryl methyl sites for hydroxylation is 2. The van der Waals surface area contributed by atoms with Crippen molar-refractivity contribution in [2.45, 2.75) is 20.0 Å². The molecule has 0 saturated carbocycles. The molecule has 3 heterocycles. The molecule has 1 aliphatic rings. The first-order valence-corrected chi connectivity index (χ1v) is 12.7.